The van der Waals surface area contributed by atoms with Crippen LogP contribution in [0.5, 0.6) is 0 Å². The molecule has 2 unspecified atom stereocenters. The first-order valence-corrected chi connectivity index (χ1v) is 4.29. The van der Waals surface area contributed by atoms with Crippen LogP contribution in [0.1, 0.15) is 12.8 Å². The maximum atomic E-state index is 10.8. The summed E-state index contributed by atoms with van der Waals surface area (Å²) in [5, 5.41) is 18.6. The molecule has 2 aliphatic rings. The van der Waals surface area contributed by atoms with E-state index in [1.54, 1.807) is 0 Å². The zero-order valence-electron chi connectivity index (χ0n) is 7.10. The number of rotatable bonds is 5. The topological polar surface area (TPSA) is 82.6 Å². The van der Waals surface area contributed by atoms with Crippen LogP contribution in [0.25, 0.3) is 0 Å². The van der Waals surface area contributed by atoms with Gasteiger partial charge in [-0.15, -0.1) is 0 Å². The van der Waals surface area contributed by atoms with Crippen molar-refractivity contribution in [3.63, 3.8) is 0 Å². The van der Waals surface area contributed by atoms with Gasteiger partial charge in [0.05, 0.1) is 25.4 Å². The summed E-state index contributed by atoms with van der Waals surface area (Å²) >= 11 is 0. The molecule has 2 heterocycles. The largest absolute Gasteiger partial charge is 0.479 e. The first-order valence-electron chi connectivity index (χ1n) is 4.29. The molecular formula is C8H12O5. The van der Waals surface area contributed by atoms with Gasteiger partial charge in [-0.3, -0.25) is 0 Å². The third-order valence-electron chi connectivity index (χ3n) is 2.33. The molecule has 2 rings (SSSR count). The number of hydrogen-bond donors (Lipinski definition) is 2. The Morgan fingerprint density at radius 1 is 1.31 bits per heavy atom. The highest BCUT2D eigenvalue weighted by Crippen LogP contribution is 2.30. The van der Waals surface area contributed by atoms with Gasteiger partial charge >= 0.3 is 5.97 Å². The van der Waals surface area contributed by atoms with E-state index in [2.05, 4.69) is 0 Å². The number of ether oxygens (including phenoxy) is 2. The summed E-state index contributed by atoms with van der Waals surface area (Å²) in [6.45, 7) is 1.11. The summed E-state index contributed by atoms with van der Waals surface area (Å²) in [5.41, 5.74) is -1.66. The quantitative estimate of drug-likeness (QED) is 0.562. The van der Waals surface area contributed by atoms with E-state index in [-0.39, 0.29) is 25.0 Å². The molecule has 2 fully saturated rings. The molecule has 0 radical (unpaired) electrons. The molecule has 0 spiro atoms. The maximum Gasteiger partial charge on any atom is 0.335 e. The Balaban J connectivity index is 1.93. The predicted molar refractivity (Wildman–Crippen MR) is 41.3 cm³/mol. The predicted octanol–water partition coefficient (Wildman–Crippen LogP) is -0.620. The average molecular weight is 188 g/mol. The number of carboxylic acids is 1. The van der Waals surface area contributed by atoms with Crippen LogP contribution in [0, 0.1) is 0 Å². The summed E-state index contributed by atoms with van der Waals surface area (Å²) in [6.07, 6.45) is 0.171. The third-order valence-corrected chi connectivity index (χ3v) is 2.33. The molecule has 2 aliphatic heterocycles. The number of carbonyl (C=O) groups is 1. The van der Waals surface area contributed by atoms with Crippen LogP contribution >= 0.6 is 0 Å². The summed E-state index contributed by atoms with van der Waals surface area (Å²) in [5.74, 6) is -1.18. The molecule has 2 N–H and O–H groups in total. The smallest absolute Gasteiger partial charge is 0.335 e. The number of aliphatic hydroxyl groups is 1. The van der Waals surface area contributed by atoms with Gasteiger partial charge < -0.3 is 19.7 Å². The molecule has 0 aliphatic carbocycles. The van der Waals surface area contributed by atoms with E-state index in [1.807, 2.05) is 0 Å². The molecule has 0 aromatic heterocycles. The monoisotopic (exact) mass is 188 g/mol. The van der Waals surface area contributed by atoms with Gasteiger partial charge in [0.25, 0.3) is 0 Å². The van der Waals surface area contributed by atoms with Crippen LogP contribution < -0.4 is 0 Å². The molecule has 2 saturated heterocycles. The van der Waals surface area contributed by atoms with Crippen LogP contribution in [0.15, 0.2) is 0 Å². The second-order valence-corrected chi connectivity index (χ2v) is 3.66. The van der Waals surface area contributed by atoms with E-state index in [0.29, 0.717) is 13.2 Å². The van der Waals surface area contributed by atoms with Crippen LogP contribution in [-0.4, -0.2) is 47.2 Å². The molecular weight excluding hydrogens is 176 g/mol. The summed E-state index contributed by atoms with van der Waals surface area (Å²) in [7, 11) is 0. The van der Waals surface area contributed by atoms with Crippen molar-refractivity contribution in [2.24, 2.45) is 0 Å². The minimum atomic E-state index is -1.66. The highest BCUT2D eigenvalue weighted by atomic mass is 16.6. The lowest BCUT2D eigenvalue weighted by atomic mass is 9.92. The normalized spacial score (nSPS) is 35.2. The molecule has 13 heavy (non-hydrogen) atoms. The van der Waals surface area contributed by atoms with Gasteiger partial charge in [-0.25, -0.2) is 4.79 Å². The van der Waals surface area contributed by atoms with Gasteiger partial charge in [0.15, 0.2) is 5.60 Å². The molecule has 0 amide bonds. The van der Waals surface area contributed by atoms with Crippen molar-refractivity contribution in [2.75, 3.05) is 13.2 Å². The van der Waals surface area contributed by atoms with Crippen molar-refractivity contribution in [1.82, 2.24) is 0 Å². The first kappa shape index (κ1) is 8.93. The molecule has 2 atom stereocenters. The van der Waals surface area contributed by atoms with Crippen molar-refractivity contribution in [2.45, 2.75) is 30.7 Å². The Morgan fingerprint density at radius 3 is 1.92 bits per heavy atom. The Morgan fingerprint density at radius 2 is 1.69 bits per heavy atom. The molecule has 0 aromatic carbocycles. The molecule has 0 bridgehead atoms. The van der Waals surface area contributed by atoms with E-state index >= 15 is 0 Å². The standard InChI is InChI=1S/C8H12O5/c9-7(10)8(11,1-5-3-12-5)2-6-4-13-6/h5-6,11H,1-4H2,(H,9,10). The van der Waals surface area contributed by atoms with Crippen LogP contribution in [0.4, 0.5) is 0 Å². The lowest BCUT2D eigenvalue weighted by molar-refractivity contribution is -0.161. The highest BCUT2D eigenvalue weighted by molar-refractivity contribution is 5.77. The fraction of sp³-hybridized carbons (Fsp3) is 0.875. The molecule has 74 valence electrons. The van der Waals surface area contributed by atoms with Crippen LogP contribution in [-0.2, 0) is 14.3 Å². The van der Waals surface area contributed by atoms with Crippen molar-refractivity contribution in [1.29, 1.82) is 0 Å². The Labute approximate surface area is 75.3 Å². The SMILES string of the molecule is O=C(O)C(O)(CC1CO1)CC1CO1. The number of carboxylic acid groups (broad SMARTS) is 1. The van der Waals surface area contributed by atoms with Gasteiger partial charge in [0, 0.05) is 12.8 Å². The van der Waals surface area contributed by atoms with Crippen molar-refractivity contribution in [3.8, 4) is 0 Å². The van der Waals surface area contributed by atoms with Gasteiger partial charge in [0.1, 0.15) is 0 Å². The maximum absolute atomic E-state index is 10.8. The highest BCUT2D eigenvalue weighted by Gasteiger charge is 2.46. The van der Waals surface area contributed by atoms with E-state index < -0.39 is 11.6 Å². The summed E-state index contributed by atoms with van der Waals surface area (Å²) in [6, 6.07) is 0. The fourth-order valence-electron chi connectivity index (χ4n) is 1.38. The minimum absolute atomic E-state index is 0.0835. The molecule has 0 aromatic rings. The number of epoxide rings is 2. The zero-order valence-corrected chi connectivity index (χ0v) is 7.10. The van der Waals surface area contributed by atoms with E-state index in [1.165, 1.54) is 0 Å². The lowest BCUT2D eigenvalue weighted by Gasteiger charge is -2.21. The van der Waals surface area contributed by atoms with Crippen LogP contribution in [0.2, 0.25) is 0 Å². The Kier molecular flexibility index (Phi) is 2.02. The van der Waals surface area contributed by atoms with Gasteiger partial charge in [-0.05, 0) is 0 Å². The van der Waals surface area contributed by atoms with E-state index in [0.717, 1.165) is 0 Å². The van der Waals surface area contributed by atoms with Gasteiger partial charge in [-0.2, -0.15) is 0 Å². The number of aliphatic carboxylic acids is 1. The van der Waals surface area contributed by atoms with Crippen molar-refractivity contribution in [3.05, 3.63) is 0 Å². The minimum Gasteiger partial charge on any atom is -0.479 e. The van der Waals surface area contributed by atoms with E-state index in [4.69, 9.17) is 14.6 Å². The van der Waals surface area contributed by atoms with Gasteiger partial charge in [-0.1, -0.05) is 0 Å². The van der Waals surface area contributed by atoms with Gasteiger partial charge in [0.2, 0.25) is 0 Å². The summed E-state index contributed by atoms with van der Waals surface area (Å²) in [4.78, 5) is 10.8. The number of hydrogen-bond acceptors (Lipinski definition) is 4. The van der Waals surface area contributed by atoms with Crippen molar-refractivity contribution < 1.29 is 24.5 Å². The fourth-order valence-corrected chi connectivity index (χ4v) is 1.38. The summed E-state index contributed by atoms with van der Waals surface area (Å²) < 4.78 is 9.78. The molecule has 5 nitrogen and oxygen atoms in total. The Bertz CT molecular complexity index is 205. The Hall–Kier alpha value is -0.650. The molecule has 0 saturated carbocycles. The average Bonchev–Trinajstić information content (AvgIpc) is 2.83. The van der Waals surface area contributed by atoms with E-state index in [9.17, 15) is 9.90 Å². The first-order chi connectivity index (χ1) is 6.10. The van der Waals surface area contributed by atoms with Crippen LogP contribution in [0.3, 0.4) is 0 Å². The third kappa shape index (κ3) is 2.18. The molecule has 5 heteroatoms. The second kappa shape index (κ2) is 2.94. The zero-order chi connectivity index (χ0) is 9.47. The second-order valence-electron chi connectivity index (χ2n) is 3.66. The van der Waals surface area contributed by atoms with Crippen molar-refractivity contribution >= 4 is 5.97 Å². The lowest BCUT2D eigenvalue weighted by Crippen LogP contribution is -2.41.